The van der Waals surface area contributed by atoms with Gasteiger partial charge in [0.1, 0.15) is 0 Å². The van der Waals surface area contributed by atoms with E-state index in [2.05, 4.69) is 0 Å². The van der Waals surface area contributed by atoms with Crippen LogP contribution >= 0.6 is 11.6 Å². The maximum absolute atomic E-state index is 12.7. The maximum Gasteiger partial charge on any atom is 0.303 e. The van der Waals surface area contributed by atoms with Gasteiger partial charge in [-0.25, -0.2) is 9.97 Å². The number of carboxylic acid groups (broad SMARTS) is 1. The average Bonchev–Trinajstić information content (AvgIpc) is 2.82. The van der Waals surface area contributed by atoms with Gasteiger partial charge in [0.25, 0.3) is 0 Å². The van der Waals surface area contributed by atoms with Crippen molar-refractivity contribution >= 4 is 34.4 Å². The van der Waals surface area contributed by atoms with Crippen molar-refractivity contribution in [1.82, 2.24) is 9.97 Å². The minimum atomic E-state index is -0.794. The fourth-order valence-electron chi connectivity index (χ4n) is 3.74. The van der Waals surface area contributed by atoms with E-state index < -0.39 is 5.97 Å². The summed E-state index contributed by atoms with van der Waals surface area (Å²) in [6.07, 6.45) is 2.32. The predicted octanol–water partition coefficient (Wildman–Crippen LogP) is 6.17. The Morgan fingerprint density at radius 1 is 0.848 bits per heavy atom. The lowest BCUT2D eigenvalue weighted by atomic mass is 10.0. The van der Waals surface area contributed by atoms with Crippen LogP contribution in [-0.2, 0) is 17.6 Å². The van der Waals surface area contributed by atoms with Gasteiger partial charge >= 0.3 is 5.97 Å². The molecule has 0 saturated heterocycles. The Morgan fingerprint density at radius 3 is 2.33 bits per heavy atom. The van der Waals surface area contributed by atoms with Gasteiger partial charge < -0.3 is 5.11 Å². The Balaban J connectivity index is 1.63. The maximum atomic E-state index is 12.7. The number of hydrogen-bond acceptors (Lipinski definition) is 4. The van der Waals surface area contributed by atoms with E-state index in [1.807, 2.05) is 48.5 Å². The summed E-state index contributed by atoms with van der Waals surface area (Å²) in [4.78, 5) is 33.3. The SMILES string of the molecule is O=C(O)CCCCc1nc2cc(CC(=O)c3ccc(Cl)cc3)ccc2nc1-c1ccccc1. The molecule has 1 N–H and O–H groups in total. The number of benzene rings is 3. The van der Waals surface area contributed by atoms with Crippen molar-refractivity contribution < 1.29 is 14.7 Å². The predicted molar refractivity (Wildman–Crippen MR) is 130 cm³/mol. The molecule has 0 atom stereocenters. The third-order valence-electron chi connectivity index (χ3n) is 5.43. The van der Waals surface area contributed by atoms with Crippen molar-refractivity contribution in [3.63, 3.8) is 0 Å². The minimum Gasteiger partial charge on any atom is -0.481 e. The van der Waals surface area contributed by atoms with Crippen LogP contribution < -0.4 is 0 Å². The van der Waals surface area contributed by atoms with E-state index in [0.717, 1.165) is 33.5 Å². The van der Waals surface area contributed by atoms with Crippen molar-refractivity contribution in [3.8, 4) is 11.3 Å². The van der Waals surface area contributed by atoms with Gasteiger partial charge in [-0.1, -0.05) is 48.0 Å². The molecule has 1 aromatic heterocycles. The summed E-state index contributed by atoms with van der Waals surface area (Å²) < 4.78 is 0. The fraction of sp³-hybridized carbons (Fsp3) is 0.185. The second kappa shape index (κ2) is 10.4. The van der Waals surface area contributed by atoms with E-state index in [1.165, 1.54) is 0 Å². The molecule has 0 bridgehead atoms. The average molecular weight is 459 g/mol. The molecule has 0 amide bonds. The molecule has 0 aliphatic heterocycles. The molecule has 6 heteroatoms. The van der Waals surface area contributed by atoms with E-state index in [9.17, 15) is 9.59 Å². The van der Waals surface area contributed by atoms with Gasteiger partial charge in [0.05, 0.1) is 22.4 Å². The first-order valence-electron chi connectivity index (χ1n) is 10.8. The minimum absolute atomic E-state index is 0.00813. The molecule has 4 aromatic rings. The first-order valence-corrected chi connectivity index (χ1v) is 11.2. The third kappa shape index (κ3) is 5.82. The third-order valence-corrected chi connectivity index (χ3v) is 5.69. The lowest BCUT2D eigenvalue weighted by Gasteiger charge is -2.11. The highest BCUT2D eigenvalue weighted by atomic mass is 35.5. The van der Waals surface area contributed by atoms with Crippen molar-refractivity contribution in [2.75, 3.05) is 0 Å². The summed E-state index contributed by atoms with van der Waals surface area (Å²) in [6.45, 7) is 0. The van der Waals surface area contributed by atoms with E-state index in [-0.39, 0.29) is 18.6 Å². The number of unbranched alkanes of at least 4 members (excludes halogenated alkanes) is 1. The highest BCUT2D eigenvalue weighted by Gasteiger charge is 2.13. The molecule has 4 rings (SSSR count). The van der Waals surface area contributed by atoms with Crippen LogP contribution in [0.5, 0.6) is 0 Å². The zero-order valence-electron chi connectivity index (χ0n) is 18.0. The zero-order chi connectivity index (χ0) is 23.2. The van der Waals surface area contributed by atoms with E-state index in [1.54, 1.807) is 24.3 Å². The van der Waals surface area contributed by atoms with Crippen LogP contribution in [0.3, 0.4) is 0 Å². The first-order chi connectivity index (χ1) is 16.0. The molecule has 0 saturated carbocycles. The standard InChI is InChI=1S/C27H23ClN2O3/c28-21-13-11-19(12-14-21)25(31)17-18-10-15-22-24(16-18)29-23(8-4-5-9-26(32)33)27(30-22)20-6-2-1-3-7-20/h1-3,6-7,10-16H,4-5,8-9,17H2,(H,32,33). The van der Waals surface area contributed by atoms with Crippen LogP contribution in [0.1, 0.15) is 40.9 Å². The van der Waals surface area contributed by atoms with Gasteiger partial charge in [-0.05, 0) is 61.2 Å². The van der Waals surface area contributed by atoms with Crippen LogP contribution in [0.25, 0.3) is 22.3 Å². The molecular formula is C27H23ClN2O3. The molecule has 1 heterocycles. The summed E-state index contributed by atoms with van der Waals surface area (Å²) in [5.41, 5.74) is 5.58. The number of aryl methyl sites for hydroxylation is 1. The Hall–Kier alpha value is -3.57. The quantitative estimate of drug-likeness (QED) is 0.239. The summed E-state index contributed by atoms with van der Waals surface area (Å²) in [7, 11) is 0. The number of Topliss-reactive ketones (excluding diaryl/α,β-unsaturated/α-hetero) is 1. The normalized spacial score (nSPS) is 10.9. The largest absolute Gasteiger partial charge is 0.481 e. The van der Waals surface area contributed by atoms with E-state index in [0.29, 0.717) is 29.8 Å². The van der Waals surface area contributed by atoms with Crippen molar-refractivity contribution in [2.45, 2.75) is 32.1 Å². The number of rotatable bonds is 9. The second-order valence-corrected chi connectivity index (χ2v) is 8.35. The number of fused-ring (bicyclic) bond motifs is 1. The van der Waals surface area contributed by atoms with E-state index >= 15 is 0 Å². The first kappa shape index (κ1) is 22.6. The topological polar surface area (TPSA) is 80.1 Å². The molecule has 0 radical (unpaired) electrons. The highest BCUT2D eigenvalue weighted by molar-refractivity contribution is 6.30. The number of carbonyl (C=O) groups is 2. The second-order valence-electron chi connectivity index (χ2n) is 7.92. The van der Waals surface area contributed by atoms with Gasteiger partial charge in [-0.3, -0.25) is 9.59 Å². The number of aliphatic carboxylic acids is 1. The number of aromatic nitrogens is 2. The molecule has 166 valence electrons. The number of nitrogens with zero attached hydrogens (tertiary/aromatic N) is 2. The van der Waals surface area contributed by atoms with Gasteiger partial charge in [-0.2, -0.15) is 0 Å². The Bertz CT molecular complexity index is 1290. The molecule has 0 unspecified atom stereocenters. The molecule has 5 nitrogen and oxygen atoms in total. The Labute approximate surface area is 197 Å². The number of ketones is 1. The van der Waals surface area contributed by atoms with E-state index in [4.69, 9.17) is 26.7 Å². The number of carbonyl (C=O) groups excluding carboxylic acids is 1. The lowest BCUT2D eigenvalue weighted by molar-refractivity contribution is -0.137. The monoisotopic (exact) mass is 458 g/mol. The molecule has 33 heavy (non-hydrogen) atoms. The number of carboxylic acids is 1. The smallest absolute Gasteiger partial charge is 0.303 e. The summed E-state index contributed by atoms with van der Waals surface area (Å²) in [5.74, 6) is -0.786. The van der Waals surface area contributed by atoms with Gasteiger partial charge in [-0.15, -0.1) is 0 Å². The zero-order valence-corrected chi connectivity index (χ0v) is 18.8. The molecule has 0 aliphatic rings. The van der Waals surface area contributed by atoms with Crippen LogP contribution in [0.15, 0.2) is 72.8 Å². The van der Waals surface area contributed by atoms with Gasteiger partial charge in [0, 0.05) is 29.0 Å². The van der Waals surface area contributed by atoms with Crippen molar-refractivity contribution in [3.05, 3.63) is 94.6 Å². The molecule has 0 spiro atoms. The highest BCUT2D eigenvalue weighted by Crippen LogP contribution is 2.25. The lowest BCUT2D eigenvalue weighted by Crippen LogP contribution is -2.04. The van der Waals surface area contributed by atoms with Crippen molar-refractivity contribution in [1.29, 1.82) is 0 Å². The van der Waals surface area contributed by atoms with Crippen LogP contribution in [0.2, 0.25) is 5.02 Å². The van der Waals surface area contributed by atoms with Crippen LogP contribution in [0, 0.1) is 0 Å². The summed E-state index contributed by atoms with van der Waals surface area (Å²) >= 11 is 5.92. The van der Waals surface area contributed by atoms with Crippen LogP contribution in [-0.4, -0.2) is 26.8 Å². The summed E-state index contributed by atoms with van der Waals surface area (Å²) in [5, 5.41) is 9.52. The summed E-state index contributed by atoms with van der Waals surface area (Å²) in [6, 6.07) is 22.5. The van der Waals surface area contributed by atoms with Crippen LogP contribution in [0.4, 0.5) is 0 Å². The number of halogens is 1. The molecule has 0 fully saturated rings. The Morgan fingerprint density at radius 2 is 1.61 bits per heavy atom. The van der Waals surface area contributed by atoms with Gasteiger partial charge in [0.2, 0.25) is 0 Å². The Kier molecular flexibility index (Phi) is 7.10. The molecular weight excluding hydrogens is 436 g/mol. The van der Waals surface area contributed by atoms with Gasteiger partial charge in [0.15, 0.2) is 5.78 Å². The molecule has 0 aliphatic carbocycles. The number of hydrogen-bond donors (Lipinski definition) is 1. The molecule has 3 aromatic carbocycles. The van der Waals surface area contributed by atoms with Crippen molar-refractivity contribution in [2.24, 2.45) is 0 Å². The fourth-order valence-corrected chi connectivity index (χ4v) is 3.87.